The first-order valence-electron chi connectivity index (χ1n) is 12.3. The van der Waals surface area contributed by atoms with Crippen molar-refractivity contribution in [3.63, 3.8) is 0 Å². The fraction of sp³-hybridized carbons (Fsp3) is 0.393. The molecule has 0 radical (unpaired) electrons. The van der Waals surface area contributed by atoms with Gasteiger partial charge >= 0.3 is 0 Å². The van der Waals surface area contributed by atoms with Crippen LogP contribution >= 0.6 is 0 Å². The molecule has 1 aromatic heterocycles. The van der Waals surface area contributed by atoms with Crippen LogP contribution in [0.1, 0.15) is 62.1 Å². The van der Waals surface area contributed by atoms with Gasteiger partial charge in [-0.2, -0.15) is 0 Å². The minimum atomic E-state index is -0.658. The molecule has 1 unspecified atom stereocenters. The van der Waals surface area contributed by atoms with Gasteiger partial charge in [-0.25, -0.2) is 13.8 Å². The maximum absolute atomic E-state index is 14.0. The molecule has 4 aliphatic rings. The highest BCUT2D eigenvalue weighted by atomic mass is 19.1. The van der Waals surface area contributed by atoms with Gasteiger partial charge in [0.2, 0.25) is 5.91 Å². The molecule has 1 atom stereocenters. The van der Waals surface area contributed by atoms with Crippen molar-refractivity contribution in [1.82, 2.24) is 14.9 Å². The van der Waals surface area contributed by atoms with Gasteiger partial charge in [-0.05, 0) is 50.2 Å². The van der Waals surface area contributed by atoms with E-state index in [1.165, 1.54) is 17.7 Å². The Morgan fingerprint density at radius 1 is 1.00 bits per heavy atom. The summed E-state index contributed by atoms with van der Waals surface area (Å²) in [5.74, 6) is -1.10. The number of benzene rings is 2. The molecule has 3 fully saturated rings. The Bertz CT molecular complexity index is 1310. The first-order chi connectivity index (χ1) is 16.9. The van der Waals surface area contributed by atoms with E-state index in [9.17, 15) is 18.4 Å². The van der Waals surface area contributed by atoms with E-state index in [1.54, 1.807) is 0 Å². The maximum atomic E-state index is 14.0. The molecule has 180 valence electrons. The van der Waals surface area contributed by atoms with Gasteiger partial charge in [0.05, 0.1) is 24.3 Å². The Balaban J connectivity index is 1.13. The van der Waals surface area contributed by atoms with Crippen LogP contribution in [0.4, 0.5) is 8.78 Å². The van der Waals surface area contributed by atoms with E-state index in [0.29, 0.717) is 44.9 Å². The minimum Gasteiger partial charge on any atom is -0.351 e. The van der Waals surface area contributed by atoms with Crippen LogP contribution in [0.2, 0.25) is 0 Å². The van der Waals surface area contributed by atoms with Crippen molar-refractivity contribution in [3.8, 4) is 11.3 Å². The summed E-state index contributed by atoms with van der Waals surface area (Å²) in [7, 11) is 0. The molecule has 5 nitrogen and oxygen atoms in total. The Morgan fingerprint density at radius 3 is 2.46 bits per heavy atom. The summed E-state index contributed by atoms with van der Waals surface area (Å²) < 4.78 is 29.2. The smallest absolute Gasteiger partial charge is 0.226 e. The summed E-state index contributed by atoms with van der Waals surface area (Å²) >= 11 is 0. The van der Waals surface area contributed by atoms with Crippen molar-refractivity contribution in [1.29, 1.82) is 0 Å². The van der Waals surface area contributed by atoms with Gasteiger partial charge in [-0.1, -0.05) is 30.3 Å². The number of halogens is 2. The second-order valence-corrected chi connectivity index (χ2v) is 10.4. The lowest BCUT2D eigenvalue weighted by Crippen LogP contribution is -2.52. The minimum absolute atomic E-state index is 0.0328. The zero-order valence-corrected chi connectivity index (χ0v) is 19.4. The Morgan fingerprint density at radius 2 is 1.71 bits per heavy atom. The Hall–Kier alpha value is -3.35. The molecule has 2 bridgehead atoms. The Labute approximate surface area is 202 Å². The van der Waals surface area contributed by atoms with Crippen molar-refractivity contribution in [3.05, 3.63) is 77.8 Å². The monoisotopic (exact) mass is 475 g/mol. The van der Waals surface area contributed by atoms with Crippen LogP contribution in [-0.2, 0) is 16.1 Å². The molecule has 2 aromatic carbocycles. The zero-order chi connectivity index (χ0) is 24.2. The van der Waals surface area contributed by atoms with Crippen LogP contribution in [-0.4, -0.2) is 21.2 Å². The Kier molecular flexibility index (Phi) is 5.13. The van der Waals surface area contributed by atoms with E-state index in [2.05, 4.69) is 27.0 Å². The molecule has 3 saturated carbocycles. The summed E-state index contributed by atoms with van der Waals surface area (Å²) in [4.78, 5) is 31.1. The highest BCUT2D eigenvalue weighted by Crippen LogP contribution is 2.58. The molecule has 1 aliphatic heterocycles. The van der Waals surface area contributed by atoms with Gasteiger partial charge in [-0.15, -0.1) is 0 Å². The number of fused-ring (bicyclic) bond motifs is 6. The van der Waals surface area contributed by atoms with Crippen molar-refractivity contribution >= 4 is 11.7 Å². The molecule has 0 saturated heterocycles. The topological polar surface area (TPSA) is 64.0 Å². The number of hydrogen-bond acceptors (Lipinski definition) is 3. The van der Waals surface area contributed by atoms with Gasteiger partial charge in [0, 0.05) is 41.0 Å². The summed E-state index contributed by atoms with van der Waals surface area (Å²) in [5, 5.41) is 2.87. The van der Waals surface area contributed by atoms with Gasteiger partial charge in [0.1, 0.15) is 17.4 Å². The quantitative estimate of drug-likeness (QED) is 0.523. The molecule has 0 spiro atoms. The number of imidazole rings is 1. The number of hydrogen-bond donors (Lipinski definition) is 1. The number of carbonyl (C=O) groups is 2. The first-order valence-corrected chi connectivity index (χ1v) is 12.3. The average Bonchev–Trinajstić information content (AvgIpc) is 3.47. The molecule has 3 aliphatic carbocycles. The molecule has 1 N–H and O–H groups in total. The number of aromatic nitrogens is 2. The second-order valence-electron chi connectivity index (χ2n) is 10.4. The molecule has 3 aromatic rings. The molecular weight excluding hydrogens is 448 g/mol. The van der Waals surface area contributed by atoms with E-state index >= 15 is 0 Å². The molecular formula is C28H27F2N3O2. The van der Waals surface area contributed by atoms with Gasteiger partial charge in [0.25, 0.3) is 0 Å². The lowest BCUT2D eigenvalue weighted by Gasteiger charge is -2.51. The third kappa shape index (κ3) is 3.51. The predicted octanol–water partition coefficient (Wildman–Crippen LogP) is 5.35. The van der Waals surface area contributed by atoms with E-state index in [1.807, 2.05) is 24.7 Å². The first kappa shape index (κ1) is 22.1. The van der Waals surface area contributed by atoms with Crippen LogP contribution in [0.5, 0.6) is 0 Å². The van der Waals surface area contributed by atoms with Crippen LogP contribution in [0.15, 0.2) is 55.0 Å². The number of nitrogens with one attached hydrogen (secondary N) is 1. The number of rotatable bonds is 6. The van der Waals surface area contributed by atoms with E-state index in [0.717, 1.165) is 17.3 Å². The molecule has 2 heterocycles. The average molecular weight is 476 g/mol. The van der Waals surface area contributed by atoms with Crippen molar-refractivity contribution < 1.29 is 18.4 Å². The third-order valence-corrected chi connectivity index (χ3v) is 8.75. The number of amides is 1. The van der Waals surface area contributed by atoms with Crippen molar-refractivity contribution in [2.75, 3.05) is 0 Å². The summed E-state index contributed by atoms with van der Waals surface area (Å²) in [6.45, 7) is 0.0328. The van der Waals surface area contributed by atoms with E-state index in [4.69, 9.17) is 0 Å². The standard InChI is InChI=1S/C28H27F2N3O2/c29-19-6-5-18(22(30)13-19)15-32-26(35)28-10-7-27(8-11-28,9-12-28)25(34)14-23-20-3-1-2-4-21(20)24-16-31-17-33(23)24/h1-6,13,16-17,23H,7-12,14-15H2,(H,32,35). The summed E-state index contributed by atoms with van der Waals surface area (Å²) in [5.41, 5.74) is 2.75. The largest absolute Gasteiger partial charge is 0.351 e. The van der Waals surface area contributed by atoms with E-state index < -0.39 is 17.0 Å². The fourth-order valence-corrected chi connectivity index (χ4v) is 6.51. The fourth-order valence-electron chi connectivity index (χ4n) is 6.51. The number of ketones is 1. The number of carbonyl (C=O) groups excluding carboxylic acids is 2. The zero-order valence-electron chi connectivity index (χ0n) is 19.4. The second kappa shape index (κ2) is 8.11. The lowest BCUT2D eigenvalue weighted by atomic mass is 9.51. The van der Waals surface area contributed by atoms with Crippen LogP contribution in [0.3, 0.4) is 0 Å². The maximum Gasteiger partial charge on any atom is 0.226 e. The van der Waals surface area contributed by atoms with Crippen LogP contribution < -0.4 is 5.32 Å². The summed E-state index contributed by atoms with van der Waals surface area (Å²) in [6, 6.07) is 11.6. The molecule has 35 heavy (non-hydrogen) atoms. The molecule has 1 amide bonds. The van der Waals surface area contributed by atoms with Crippen LogP contribution in [0.25, 0.3) is 11.3 Å². The third-order valence-electron chi connectivity index (χ3n) is 8.75. The highest BCUT2D eigenvalue weighted by molar-refractivity contribution is 5.89. The van der Waals surface area contributed by atoms with E-state index in [-0.39, 0.29) is 35.3 Å². The van der Waals surface area contributed by atoms with Crippen molar-refractivity contribution in [2.45, 2.75) is 57.5 Å². The van der Waals surface area contributed by atoms with Crippen molar-refractivity contribution in [2.24, 2.45) is 10.8 Å². The van der Waals surface area contributed by atoms with Gasteiger partial charge in [-0.3, -0.25) is 9.59 Å². The number of Topliss-reactive ketones (excluding diaryl/α,β-unsaturated/α-hetero) is 1. The summed E-state index contributed by atoms with van der Waals surface area (Å²) in [6.07, 6.45) is 8.19. The normalized spacial score (nSPS) is 26.3. The highest BCUT2D eigenvalue weighted by Gasteiger charge is 2.55. The predicted molar refractivity (Wildman–Crippen MR) is 126 cm³/mol. The SMILES string of the molecule is O=C(CC1c2ccccc2-c2cncn21)C12CCC(C(=O)NCc3ccc(F)cc3F)(CC1)CC2. The van der Waals surface area contributed by atoms with Gasteiger partial charge in [0.15, 0.2) is 0 Å². The lowest BCUT2D eigenvalue weighted by molar-refractivity contribution is -0.149. The van der Waals surface area contributed by atoms with Crippen LogP contribution in [0, 0.1) is 22.5 Å². The molecule has 7 heteroatoms. The van der Waals surface area contributed by atoms with Gasteiger partial charge < -0.3 is 9.88 Å². The number of nitrogens with zero attached hydrogens (tertiary/aromatic N) is 2. The molecule has 7 rings (SSSR count).